The number of ether oxygens (including phenoxy) is 2. The van der Waals surface area contributed by atoms with Crippen molar-refractivity contribution in [1.82, 2.24) is 14.9 Å². The van der Waals surface area contributed by atoms with Crippen LogP contribution in [0.25, 0.3) is 0 Å². The van der Waals surface area contributed by atoms with Gasteiger partial charge in [0.05, 0.1) is 17.9 Å². The molecule has 24 heavy (non-hydrogen) atoms. The molecule has 6 nitrogen and oxygen atoms in total. The minimum absolute atomic E-state index is 0.0166. The first kappa shape index (κ1) is 16.4. The van der Waals surface area contributed by atoms with Gasteiger partial charge in [-0.3, -0.25) is 9.78 Å². The van der Waals surface area contributed by atoms with Crippen LogP contribution in [0.4, 0.5) is 0 Å². The van der Waals surface area contributed by atoms with Crippen LogP contribution in [0.5, 0.6) is 11.6 Å². The van der Waals surface area contributed by atoms with E-state index in [9.17, 15) is 4.79 Å². The van der Waals surface area contributed by atoms with Gasteiger partial charge in [-0.2, -0.15) is 0 Å². The van der Waals surface area contributed by atoms with Crippen molar-refractivity contribution >= 4 is 5.91 Å². The third kappa shape index (κ3) is 3.71. The number of carbonyl (C=O) groups is 1. The summed E-state index contributed by atoms with van der Waals surface area (Å²) in [5, 5.41) is 0. The molecule has 3 rings (SSSR count). The van der Waals surface area contributed by atoms with Crippen molar-refractivity contribution in [2.45, 2.75) is 32.5 Å². The van der Waals surface area contributed by atoms with Crippen molar-refractivity contribution in [3.63, 3.8) is 0 Å². The lowest BCUT2D eigenvalue weighted by molar-refractivity contribution is -0.118. The molecule has 0 aromatic carbocycles. The summed E-state index contributed by atoms with van der Waals surface area (Å²) in [6, 6.07) is 7.01. The van der Waals surface area contributed by atoms with E-state index in [0.29, 0.717) is 24.4 Å². The Balaban J connectivity index is 1.85. The zero-order valence-corrected chi connectivity index (χ0v) is 14.1. The molecule has 0 spiro atoms. The van der Waals surface area contributed by atoms with Crippen molar-refractivity contribution in [2.75, 3.05) is 13.1 Å². The Kier molecular flexibility index (Phi) is 4.49. The van der Waals surface area contributed by atoms with Gasteiger partial charge in [-0.25, -0.2) is 4.98 Å². The number of rotatable bonds is 3. The Labute approximate surface area is 141 Å². The van der Waals surface area contributed by atoms with Crippen molar-refractivity contribution in [3.8, 4) is 11.6 Å². The van der Waals surface area contributed by atoms with E-state index in [4.69, 9.17) is 9.47 Å². The summed E-state index contributed by atoms with van der Waals surface area (Å²) >= 11 is 0. The second-order valence-electron chi connectivity index (χ2n) is 6.52. The molecular formula is C18H21N3O3. The van der Waals surface area contributed by atoms with Gasteiger partial charge in [0.25, 0.3) is 5.91 Å². The lowest BCUT2D eigenvalue weighted by Gasteiger charge is -2.41. The predicted octanol–water partition coefficient (Wildman–Crippen LogP) is 2.91. The highest BCUT2D eigenvalue weighted by molar-refractivity contribution is 5.96. The van der Waals surface area contributed by atoms with Crippen LogP contribution in [0.1, 0.15) is 31.1 Å². The van der Waals surface area contributed by atoms with Crippen molar-refractivity contribution in [2.24, 2.45) is 0 Å². The highest BCUT2D eigenvalue weighted by Gasteiger charge is 2.35. The highest BCUT2D eigenvalue weighted by atomic mass is 16.5. The average molecular weight is 327 g/mol. The van der Waals surface area contributed by atoms with E-state index >= 15 is 0 Å². The number of hydrogen-bond acceptors (Lipinski definition) is 5. The molecule has 2 aromatic heterocycles. The third-order valence-corrected chi connectivity index (χ3v) is 3.71. The van der Waals surface area contributed by atoms with Gasteiger partial charge in [-0.05, 0) is 45.0 Å². The van der Waals surface area contributed by atoms with Gasteiger partial charge >= 0.3 is 0 Å². The summed E-state index contributed by atoms with van der Waals surface area (Å²) in [6.45, 7) is 7.01. The molecule has 0 bridgehead atoms. The van der Waals surface area contributed by atoms with E-state index in [-0.39, 0.29) is 23.5 Å². The summed E-state index contributed by atoms with van der Waals surface area (Å²) < 4.78 is 11.6. The van der Waals surface area contributed by atoms with Crippen LogP contribution < -0.4 is 4.74 Å². The number of pyridine rings is 2. The summed E-state index contributed by atoms with van der Waals surface area (Å²) in [4.78, 5) is 23.0. The first-order valence-electron chi connectivity index (χ1n) is 7.94. The van der Waals surface area contributed by atoms with Crippen LogP contribution in [0.15, 0.2) is 42.9 Å². The second kappa shape index (κ2) is 6.57. The van der Waals surface area contributed by atoms with Crippen LogP contribution >= 0.6 is 0 Å². The summed E-state index contributed by atoms with van der Waals surface area (Å²) in [7, 11) is 0. The Hall–Kier alpha value is -2.47. The molecule has 0 N–H and O–H groups in total. The minimum atomic E-state index is -0.375. The van der Waals surface area contributed by atoms with Gasteiger partial charge in [0, 0.05) is 25.5 Å². The fourth-order valence-corrected chi connectivity index (χ4v) is 2.93. The summed E-state index contributed by atoms with van der Waals surface area (Å²) in [6.07, 6.45) is 4.84. The summed E-state index contributed by atoms with van der Waals surface area (Å²) in [5.74, 6) is 0.721. The van der Waals surface area contributed by atoms with Crippen LogP contribution in [0.2, 0.25) is 0 Å². The predicted molar refractivity (Wildman–Crippen MR) is 89.1 cm³/mol. The first-order chi connectivity index (χ1) is 11.4. The zero-order chi connectivity index (χ0) is 17.2. The number of nitrogens with zero attached hydrogens (tertiary/aromatic N) is 3. The standard InChI is InChI=1S/C18H21N3O3/c1-13-11-21(12-18(2,3)24-13)17(22)15-7-5-9-20-16(15)23-14-6-4-8-19-10-14/h4-10,13H,11-12H2,1-3H3/t13-/m1/s1. The zero-order valence-electron chi connectivity index (χ0n) is 14.1. The number of morpholine rings is 1. The van der Waals surface area contributed by atoms with Crippen LogP contribution in [0.3, 0.4) is 0 Å². The molecule has 0 aliphatic carbocycles. The number of carbonyl (C=O) groups excluding carboxylic acids is 1. The molecule has 1 amide bonds. The molecule has 0 unspecified atom stereocenters. The smallest absolute Gasteiger partial charge is 0.259 e. The van der Waals surface area contributed by atoms with Gasteiger partial charge in [0.1, 0.15) is 11.3 Å². The van der Waals surface area contributed by atoms with Crippen molar-refractivity contribution in [1.29, 1.82) is 0 Å². The maximum Gasteiger partial charge on any atom is 0.259 e. The Morgan fingerprint density at radius 3 is 2.83 bits per heavy atom. The average Bonchev–Trinajstić information content (AvgIpc) is 2.54. The molecule has 1 atom stereocenters. The molecule has 126 valence electrons. The Morgan fingerprint density at radius 2 is 2.12 bits per heavy atom. The molecular weight excluding hydrogens is 306 g/mol. The number of aromatic nitrogens is 2. The fraction of sp³-hybridized carbons (Fsp3) is 0.389. The lowest BCUT2D eigenvalue weighted by Crippen LogP contribution is -2.53. The van der Waals surface area contributed by atoms with Gasteiger partial charge in [-0.1, -0.05) is 0 Å². The third-order valence-electron chi connectivity index (χ3n) is 3.71. The van der Waals surface area contributed by atoms with Crippen LogP contribution in [-0.2, 0) is 4.74 Å². The fourth-order valence-electron chi connectivity index (χ4n) is 2.93. The molecule has 1 aliphatic heterocycles. The largest absolute Gasteiger partial charge is 0.437 e. The first-order valence-corrected chi connectivity index (χ1v) is 7.94. The van der Waals surface area contributed by atoms with Gasteiger partial charge < -0.3 is 14.4 Å². The summed E-state index contributed by atoms with van der Waals surface area (Å²) in [5.41, 5.74) is 0.0613. The maximum absolute atomic E-state index is 13.0. The molecule has 3 heterocycles. The van der Waals surface area contributed by atoms with E-state index < -0.39 is 0 Å². The quantitative estimate of drug-likeness (QED) is 0.867. The van der Waals surface area contributed by atoms with E-state index in [1.54, 1.807) is 47.8 Å². The molecule has 2 aromatic rings. The van der Waals surface area contributed by atoms with E-state index in [1.165, 1.54) is 0 Å². The normalized spacial score (nSPS) is 19.8. The lowest BCUT2D eigenvalue weighted by atomic mass is 10.0. The highest BCUT2D eigenvalue weighted by Crippen LogP contribution is 2.26. The van der Waals surface area contributed by atoms with Crippen LogP contribution in [0, 0.1) is 0 Å². The molecule has 0 radical (unpaired) electrons. The molecule has 1 aliphatic rings. The van der Waals surface area contributed by atoms with Crippen molar-refractivity contribution in [3.05, 3.63) is 48.4 Å². The maximum atomic E-state index is 13.0. The van der Waals surface area contributed by atoms with Crippen LogP contribution in [-0.4, -0.2) is 45.6 Å². The molecule has 6 heteroatoms. The van der Waals surface area contributed by atoms with E-state index in [2.05, 4.69) is 9.97 Å². The second-order valence-corrected chi connectivity index (χ2v) is 6.52. The Morgan fingerprint density at radius 1 is 1.33 bits per heavy atom. The monoisotopic (exact) mass is 327 g/mol. The van der Waals surface area contributed by atoms with Gasteiger partial charge in [0.15, 0.2) is 0 Å². The number of hydrogen-bond donors (Lipinski definition) is 0. The SMILES string of the molecule is C[C@@H]1CN(C(=O)c2cccnc2Oc2cccnc2)CC(C)(C)O1. The number of amides is 1. The minimum Gasteiger partial charge on any atom is -0.437 e. The van der Waals surface area contributed by atoms with E-state index in [1.807, 2.05) is 20.8 Å². The topological polar surface area (TPSA) is 64.6 Å². The molecule has 1 saturated heterocycles. The van der Waals surface area contributed by atoms with E-state index in [0.717, 1.165) is 0 Å². The molecule has 1 fully saturated rings. The van der Waals surface area contributed by atoms with Crippen molar-refractivity contribution < 1.29 is 14.3 Å². The molecule has 0 saturated carbocycles. The Bertz CT molecular complexity index is 718. The van der Waals surface area contributed by atoms with Gasteiger partial charge in [-0.15, -0.1) is 0 Å². The van der Waals surface area contributed by atoms with Gasteiger partial charge in [0.2, 0.25) is 5.88 Å².